The molecule has 4 nitrogen and oxygen atoms in total. The first kappa shape index (κ1) is 16.5. The highest BCUT2D eigenvalue weighted by Gasteiger charge is 2.37. The van der Waals surface area contributed by atoms with Crippen molar-refractivity contribution in [3.63, 3.8) is 0 Å². The van der Waals surface area contributed by atoms with Crippen molar-refractivity contribution in [2.75, 3.05) is 19.7 Å². The van der Waals surface area contributed by atoms with Crippen LogP contribution in [0.2, 0.25) is 0 Å². The van der Waals surface area contributed by atoms with Crippen LogP contribution in [0.15, 0.2) is 60.7 Å². The van der Waals surface area contributed by atoms with Crippen LogP contribution in [-0.4, -0.2) is 25.7 Å². The fourth-order valence-electron chi connectivity index (χ4n) is 3.06. The van der Waals surface area contributed by atoms with E-state index in [4.69, 9.17) is 9.47 Å². The molecule has 1 saturated heterocycles. The summed E-state index contributed by atoms with van der Waals surface area (Å²) in [6.45, 7) is 2.03. The quantitative estimate of drug-likeness (QED) is 0.828. The van der Waals surface area contributed by atoms with Gasteiger partial charge in [0.05, 0.1) is 13.0 Å². The molecule has 0 radical (unpaired) electrons. The van der Waals surface area contributed by atoms with Crippen molar-refractivity contribution in [3.8, 4) is 5.75 Å². The molecule has 1 aliphatic rings. The lowest BCUT2D eigenvalue weighted by Gasteiger charge is -2.37. The first-order valence-electron chi connectivity index (χ1n) is 8.44. The second-order valence-electron chi connectivity index (χ2n) is 6.00. The van der Waals surface area contributed by atoms with Crippen molar-refractivity contribution >= 4 is 5.97 Å². The lowest BCUT2D eigenvalue weighted by Crippen LogP contribution is -2.43. The van der Waals surface area contributed by atoms with E-state index in [1.165, 1.54) is 0 Å². The van der Waals surface area contributed by atoms with Crippen molar-refractivity contribution in [1.29, 1.82) is 0 Å². The molecule has 2 aromatic rings. The van der Waals surface area contributed by atoms with Crippen molar-refractivity contribution < 1.29 is 14.3 Å². The normalized spacial score (nSPS) is 16.3. The predicted octanol–water partition coefficient (Wildman–Crippen LogP) is 3.28. The Hall–Kier alpha value is -2.33. The van der Waals surface area contributed by atoms with Gasteiger partial charge in [-0.1, -0.05) is 48.5 Å². The predicted molar refractivity (Wildman–Crippen MR) is 92.9 cm³/mol. The molecule has 126 valence electrons. The van der Waals surface area contributed by atoms with Crippen LogP contribution < -0.4 is 10.1 Å². The van der Waals surface area contributed by atoms with E-state index in [0.29, 0.717) is 6.61 Å². The van der Waals surface area contributed by atoms with Gasteiger partial charge in [-0.2, -0.15) is 0 Å². The number of rotatable bonds is 6. The number of carbonyl (C=O) groups is 1. The maximum absolute atomic E-state index is 12.4. The SMILES string of the molecule is O=C(CCOc1ccccc1)OC1(c2ccccc2)CCNCC1. The van der Waals surface area contributed by atoms with Gasteiger partial charge in [0.15, 0.2) is 0 Å². The van der Waals surface area contributed by atoms with Crippen molar-refractivity contribution in [3.05, 3.63) is 66.2 Å². The van der Waals surface area contributed by atoms with Crippen LogP contribution in [0.1, 0.15) is 24.8 Å². The Labute approximate surface area is 142 Å². The summed E-state index contributed by atoms with van der Waals surface area (Å²) in [5.74, 6) is 0.557. The average Bonchev–Trinajstić information content (AvgIpc) is 2.64. The van der Waals surface area contributed by atoms with Gasteiger partial charge in [-0.15, -0.1) is 0 Å². The summed E-state index contributed by atoms with van der Waals surface area (Å²) in [6, 6.07) is 19.6. The van der Waals surface area contributed by atoms with Gasteiger partial charge in [-0.25, -0.2) is 0 Å². The average molecular weight is 325 g/mol. The van der Waals surface area contributed by atoms with Crippen LogP contribution in [0.5, 0.6) is 5.75 Å². The highest BCUT2D eigenvalue weighted by atomic mass is 16.6. The zero-order chi connectivity index (χ0) is 16.7. The topological polar surface area (TPSA) is 47.6 Å². The molecule has 1 aliphatic heterocycles. The first-order valence-corrected chi connectivity index (χ1v) is 8.44. The molecule has 0 bridgehead atoms. The summed E-state index contributed by atoms with van der Waals surface area (Å²) >= 11 is 0. The second-order valence-corrected chi connectivity index (χ2v) is 6.00. The summed E-state index contributed by atoms with van der Waals surface area (Å²) in [5, 5.41) is 3.33. The third-order valence-corrected chi connectivity index (χ3v) is 4.34. The second kappa shape index (κ2) is 7.97. The molecular formula is C20H23NO3. The van der Waals surface area contributed by atoms with Crippen LogP contribution in [0, 0.1) is 0 Å². The van der Waals surface area contributed by atoms with Crippen molar-refractivity contribution in [2.24, 2.45) is 0 Å². The summed E-state index contributed by atoms with van der Waals surface area (Å²) in [7, 11) is 0. The summed E-state index contributed by atoms with van der Waals surface area (Å²) in [6.07, 6.45) is 1.83. The zero-order valence-corrected chi connectivity index (χ0v) is 13.7. The third-order valence-electron chi connectivity index (χ3n) is 4.34. The number of piperidine rings is 1. The molecule has 0 aromatic heterocycles. The highest BCUT2D eigenvalue weighted by molar-refractivity contribution is 5.70. The molecule has 2 aromatic carbocycles. The van der Waals surface area contributed by atoms with E-state index in [2.05, 4.69) is 5.32 Å². The summed E-state index contributed by atoms with van der Waals surface area (Å²) in [5.41, 5.74) is 0.555. The minimum atomic E-state index is -0.518. The van der Waals surface area contributed by atoms with Crippen LogP contribution >= 0.6 is 0 Å². The van der Waals surface area contributed by atoms with Gasteiger partial charge in [-0.05, 0) is 30.8 Å². The fraction of sp³-hybridized carbons (Fsp3) is 0.350. The number of ether oxygens (including phenoxy) is 2. The molecule has 0 atom stereocenters. The molecule has 0 amide bonds. The Kier molecular flexibility index (Phi) is 5.49. The molecule has 0 spiro atoms. The molecule has 0 saturated carbocycles. The fourth-order valence-corrected chi connectivity index (χ4v) is 3.06. The minimum Gasteiger partial charge on any atom is -0.493 e. The molecular weight excluding hydrogens is 302 g/mol. The number of esters is 1. The van der Waals surface area contributed by atoms with Gasteiger partial charge in [0.2, 0.25) is 0 Å². The summed E-state index contributed by atoms with van der Waals surface area (Å²) in [4.78, 5) is 12.4. The lowest BCUT2D eigenvalue weighted by atomic mass is 9.85. The number of para-hydroxylation sites is 1. The minimum absolute atomic E-state index is 0.211. The largest absolute Gasteiger partial charge is 0.493 e. The number of hydrogen-bond donors (Lipinski definition) is 1. The van der Waals surface area contributed by atoms with Crippen molar-refractivity contribution in [1.82, 2.24) is 5.32 Å². The van der Waals surface area contributed by atoms with Gasteiger partial charge in [-0.3, -0.25) is 4.79 Å². The van der Waals surface area contributed by atoms with Gasteiger partial charge in [0.1, 0.15) is 11.4 Å². The van der Waals surface area contributed by atoms with Crippen LogP contribution in [0.3, 0.4) is 0 Å². The number of benzene rings is 2. The first-order chi connectivity index (χ1) is 11.8. The Morgan fingerprint density at radius 3 is 2.25 bits per heavy atom. The Bertz CT molecular complexity index is 636. The monoisotopic (exact) mass is 325 g/mol. The van der Waals surface area contributed by atoms with E-state index in [1.807, 2.05) is 60.7 Å². The maximum Gasteiger partial charge on any atom is 0.310 e. The van der Waals surface area contributed by atoms with E-state index < -0.39 is 5.60 Å². The molecule has 1 fully saturated rings. The van der Waals surface area contributed by atoms with Crippen LogP contribution in [-0.2, 0) is 15.1 Å². The number of nitrogens with one attached hydrogen (secondary N) is 1. The van der Waals surface area contributed by atoms with E-state index in [1.54, 1.807) is 0 Å². The molecule has 4 heteroatoms. The van der Waals surface area contributed by atoms with Gasteiger partial charge in [0, 0.05) is 12.8 Å². The highest BCUT2D eigenvalue weighted by Crippen LogP contribution is 2.35. The molecule has 24 heavy (non-hydrogen) atoms. The van der Waals surface area contributed by atoms with Gasteiger partial charge in [0.25, 0.3) is 0 Å². The number of hydrogen-bond acceptors (Lipinski definition) is 4. The molecule has 1 heterocycles. The van der Waals surface area contributed by atoms with Gasteiger partial charge < -0.3 is 14.8 Å². The Morgan fingerprint density at radius 2 is 1.58 bits per heavy atom. The van der Waals surface area contributed by atoms with Crippen LogP contribution in [0.25, 0.3) is 0 Å². The lowest BCUT2D eigenvalue weighted by molar-refractivity contribution is -0.164. The Morgan fingerprint density at radius 1 is 0.958 bits per heavy atom. The maximum atomic E-state index is 12.4. The zero-order valence-electron chi connectivity index (χ0n) is 13.7. The molecule has 0 unspecified atom stereocenters. The molecule has 1 N–H and O–H groups in total. The van der Waals surface area contributed by atoms with E-state index in [0.717, 1.165) is 37.2 Å². The molecule has 3 rings (SSSR count). The Balaban J connectivity index is 1.59. The van der Waals surface area contributed by atoms with Gasteiger partial charge >= 0.3 is 5.97 Å². The van der Waals surface area contributed by atoms with Crippen LogP contribution in [0.4, 0.5) is 0 Å². The summed E-state index contributed by atoms with van der Waals surface area (Å²) < 4.78 is 11.5. The standard InChI is InChI=1S/C20H23NO3/c22-19(11-16-23-18-9-5-2-6-10-18)24-20(12-14-21-15-13-20)17-7-3-1-4-8-17/h1-10,21H,11-16H2. The van der Waals surface area contributed by atoms with E-state index in [9.17, 15) is 4.79 Å². The third kappa shape index (κ3) is 4.15. The van der Waals surface area contributed by atoms with E-state index >= 15 is 0 Å². The smallest absolute Gasteiger partial charge is 0.310 e. The van der Waals surface area contributed by atoms with Crippen molar-refractivity contribution in [2.45, 2.75) is 24.9 Å². The number of carbonyl (C=O) groups excluding carboxylic acids is 1. The molecule has 0 aliphatic carbocycles. The van der Waals surface area contributed by atoms with E-state index in [-0.39, 0.29) is 12.4 Å².